The molecular formula is C16H22ClNO. The first-order chi connectivity index (χ1) is 8.90. The average molecular weight is 280 g/mol. The molecule has 0 bridgehead atoms. The lowest BCUT2D eigenvalue weighted by molar-refractivity contribution is -0.0705. The quantitative estimate of drug-likeness (QED) is 0.770. The molecule has 0 spiro atoms. The van der Waals surface area contributed by atoms with Gasteiger partial charge in [0, 0.05) is 19.1 Å². The van der Waals surface area contributed by atoms with Crippen LogP contribution in [0.2, 0.25) is 0 Å². The maximum atomic E-state index is 6.09. The summed E-state index contributed by atoms with van der Waals surface area (Å²) in [6.07, 6.45) is 5.95. The van der Waals surface area contributed by atoms with E-state index >= 15 is 0 Å². The minimum Gasteiger partial charge on any atom is -0.371 e. The van der Waals surface area contributed by atoms with Gasteiger partial charge >= 0.3 is 0 Å². The monoisotopic (exact) mass is 279 g/mol. The molecule has 2 aliphatic rings. The molecule has 0 saturated carbocycles. The Morgan fingerprint density at radius 2 is 2.21 bits per heavy atom. The van der Waals surface area contributed by atoms with Crippen LogP contribution in [0, 0.1) is 0 Å². The number of morpholine rings is 1. The Kier molecular flexibility index (Phi) is 5.03. The maximum Gasteiger partial charge on any atom is 0.0983 e. The lowest BCUT2D eigenvalue weighted by Gasteiger charge is -2.40. The molecule has 2 nitrogen and oxygen atoms in total. The van der Waals surface area contributed by atoms with Crippen molar-refractivity contribution in [3.63, 3.8) is 0 Å². The third-order valence-corrected chi connectivity index (χ3v) is 4.17. The molecule has 1 saturated heterocycles. The molecule has 0 amide bonds. The molecular weight excluding hydrogens is 258 g/mol. The first kappa shape index (κ1) is 14.6. The molecule has 0 radical (unpaired) electrons. The lowest BCUT2D eigenvalue weighted by atomic mass is 9.96. The Labute approximate surface area is 121 Å². The van der Waals surface area contributed by atoms with Crippen molar-refractivity contribution in [1.82, 2.24) is 4.90 Å². The van der Waals surface area contributed by atoms with Crippen LogP contribution in [-0.4, -0.2) is 30.6 Å². The van der Waals surface area contributed by atoms with Gasteiger partial charge in [-0.25, -0.2) is 0 Å². The van der Waals surface area contributed by atoms with Crippen molar-refractivity contribution in [2.45, 2.75) is 31.4 Å². The standard InChI is InChI=1S/C16H21NO.ClH/c1-2-10-17-11-12-18-16-14-8-4-3-6-13(14)7-5-9-15(16)17;/h2-4,6,8,15-16H,1,5,7,9-12H2;1H/t15-,16-;/m0./s1. The Hall–Kier alpha value is -0.830. The SMILES string of the molecule is C=CCN1CCO[C@H]2c3ccccc3CCC[C@@H]21.Cl. The predicted octanol–water partition coefficient (Wildman–Crippen LogP) is 3.37. The Morgan fingerprint density at radius 1 is 1.37 bits per heavy atom. The van der Waals surface area contributed by atoms with E-state index in [2.05, 4.69) is 35.7 Å². The van der Waals surface area contributed by atoms with Crippen molar-refractivity contribution < 1.29 is 4.74 Å². The highest BCUT2D eigenvalue weighted by Gasteiger charge is 2.35. The third kappa shape index (κ3) is 2.86. The molecule has 1 aromatic rings. The average Bonchev–Trinajstić information content (AvgIpc) is 2.59. The van der Waals surface area contributed by atoms with E-state index in [1.807, 2.05) is 6.08 Å². The van der Waals surface area contributed by atoms with Crippen LogP contribution >= 0.6 is 12.4 Å². The smallest absolute Gasteiger partial charge is 0.0983 e. The van der Waals surface area contributed by atoms with Crippen LogP contribution in [0.3, 0.4) is 0 Å². The summed E-state index contributed by atoms with van der Waals surface area (Å²) in [6, 6.07) is 9.31. The maximum absolute atomic E-state index is 6.09. The molecule has 3 rings (SSSR count). The van der Waals surface area contributed by atoms with Gasteiger partial charge in [0.15, 0.2) is 0 Å². The first-order valence-corrected chi connectivity index (χ1v) is 6.94. The predicted molar refractivity (Wildman–Crippen MR) is 80.9 cm³/mol. The van der Waals surface area contributed by atoms with Gasteiger partial charge in [0.25, 0.3) is 0 Å². The van der Waals surface area contributed by atoms with Crippen molar-refractivity contribution in [2.75, 3.05) is 19.7 Å². The lowest BCUT2D eigenvalue weighted by Crippen LogP contribution is -2.46. The van der Waals surface area contributed by atoms with Gasteiger partial charge in [-0.2, -0.15) is 0 Å². The zero-order valence-corrected chi connectivity index (χ0v) is 12.1. The number of ether oxygens (including phenoxy) is 1. The molecule has 1 aliphatic heterocycles. The van der Waals surface area contributed by atoms with Crippen molar-refractivity contribution in [3.8, 4) is 0 Å². The van der Waals surface area contributed by atoms with Crippen LogP contribution in [-0.2, 0) is 11.2 Å². The molecule has 1 fully saturated rings. The number of hydrogen-bond donors (Lipinski definition) is 0. The highest BCUT2D eigenvalue weighted by molar-refractivity contribution is 5.85. The number of nitrogens with zero attached hydrogens (tertiary/aromatic N) is 1. The molecule has 0 unspecified atom stereocenters. The minimum atomic E-state index is 0. The van der Waals surface area contributed by atoms with Crippen molar-refractivity contribution >= 4 is 12.4 Å². The fourth-order valence-corrected chi connectivity index (χ4v) is 3.33. The summed E-state index contributed by atoms with van der Waals surface area (Å²) in [7, 11) is 0. The Balaban J connectivity index is 0.00000133. The fourth-order valence-electron chi connectivity index (χ4n) is 3.33. The largest absolute Gasteiger partial charge is 0.371 e. The second kappa shape index (κ2) is 6.56. The number of aryl methyl sites for hydroxylation is 1. The zero-order valence-electron chi connectivity index (χ0n) is 11.3. The van der Waals surface area contributed by atoms with E-state index in [0.29, 0.717) is 6.04 Å². The molecule has 0 aromatic heterocycles. The van der Waals surface area contributed by atoms with Gasteiger partial charge in [-0.15, -0.1) is 19.0 Å². The number of hydrogen-bond acceptors (Lipinski definition) is 2. The molecule has 2 atom stereocenters. The van der Waals surface area contributed by atoms with Crippen LogP contribution in [0.5, 0.6) is 0 Å². The summed E-state index contributed by atoms with van der Waals surface area (Å²) < 4.78 is 6.09. The van der Waals surface area contributed by atoms with E-state index in [9.17, 15) is 0 Å². The van der Waals surface area contributed by atoms with E-state index in [-0.39, 0.29) is 18.5 Å². The Morgan fingerprint density at radius 3 is 3.05 bits per heavy atom. The molecule has 0 N–H and O–H groups in total. The van der Waals surface area contributed by atoms with Crippen LogP contribution < -0.4 is 0 Å². The normalized spacial score (nSPS) is 26.5. The summed E-state index contributed by atoms with van der Waals surface area (Å²) >= 11 is 0. The molecule has 104 valence electrons. The van der Waals surface area contributed by atoms with E-state index in [0.717, 1.165) is 19.7 Å². The third-order valence-electron chi connectivity index (χ3n) is 4.17. The second-order valence-corrected chi connectivity index (χ2v) is 5.23. The van der Waals surface area contributed by atoms with Crippen LogP contribution in [0.15, 0.2) is 36.9 Å². The molecule has 19 heavy (non-hydrogen) atoms. The van der Waals surface area contributed by atoms with Gasteiger partial charge < -0.3 is 4.74 Å². The van der Waals surface area contributed by atoms with Crippen molar-refractivity contribution in [1.29, 1.82) is 0 Å². The van der Waals surface area contributed by atoms with E-state index in [1.165, 1.54) is 30.4 Å². The molecule has 1 aromatic carbocycles. The van der Waals surface area contributed by atoms with E-state index in [4.69, 9.17) is 4.74 Å². The van der Waals surface area contributed by atoms with Crippen LogP contribution in [0.25, 0.3) is 0 Å². The topological polar surface area (TPSA) is 12.5 Å². The number of benzene rings is 1. The van der Waals surface area contributed by atoms with Gasteiger partial charge in [0.1, 0.15) is 0 Å². The van der Waals surface area contributed by atoms with Crippen molar-refractivity contribution in [2.24, 2.45) is 0 Å². The van der Waals surface area contributed by atoms with Gasteiger partial charge in [0.2, 0.25) is 0 Å². The summed E-state index contributed by atoms with van der Waals surface area (Å²) in [5.74, 6) is 0. The van der Waals surface area contributed by atoms with Crippen molar-refractivity contribution in [3.05, 3.63) is 48.0 Å². The summed E-state index contributed by atoms with van der Waals surface area (Å²) in [5, 5.41) is 0. The molecule has 3 heteroatoms. The van der Waals surface area contributed by atoms with Gasteiger partial charge in [-0.1, -0.05) is 30.3 Å². The van der Waals surface area contributed by atoms with Gasteiger partial charge in [0.05, 0.1) is 12.7 Å². The zero-order chi connectivity index (χ0) is 12.4. The van der Waals surface area contributed by atoms with Gasteiger partial charge in [-0.05, 0) is 30.4 Å². The first-order valence-electron chi connectivity index (χ1n) is 6.94. The number of halogens is 1. The van der Waals surface area contributed by atoms with Gasteiger partial charge in [-0.3, -0.25) is 4.90 Å². The Bertz CT molecular complexity index is 435. The highest BCUT2D eigenvalue weighted by Crippen LogP contribution is 2.36. The summed E-state index contributed by atoms with van der Waals surface area (Å²) in [5.41, 5.74) is 2.89. The minimum absolute atomic E-state index is 0. The summed E-state index contributed by atoms with van der Waals surface area (Å²) in [4.78, 5) is 2.53. The van der Waals surface area contributed by atoms with E-state index in [1.54, 1.807) is 0 Å². The van der Waals surface area contributed by atoms with E-state index < -0.39 is 0 Å². The second-order valence-electron chi connectivity index (χ2n) is 5.23. The molecule has 1 heterocycles. The van der Waals surface area contributed by atoms with Crippen LogP contribution in [0.1, 0.15) is 30.1 Å². The summed E-state index contributed by atoms with van der Waals surface area (Å²) in [6.45, 7) is 6.73. The number of fused-ring (bicyclic) bond motifs is 3. The van der Waals surface area contributed by atoms with Crippen LogP contribution in [0.4, 0.5) is 0 Å². The molecule has 1 aliphatic carbocycles. The highest BCUT2D eigenvalue weighted by atomic mass is 35.5. The fraction of sp³-hybridized carbons (Fsp3) is 0.500. The number of rotatable bonds is 2.